The Morgan fingerprint density at radius 3 is 2.60 bits per heavy atom. The summed E-state index contributed by atoms with van der Waals surface area (Å²) in [4.78, 5) is 12.5. The number of hydrogen-bond acceptors (Lipinski definition) is 6. The van der Waals surface area contributed by atoms with Crippen LogP contribution >= 0.6 is 0 Å². The summed E-state index contributed by atoms with van der Waals surface area (Å²) in [5.74, 6) is -0.187. The molecule has 0 amide bonds. The highest BCUT2D eigenvalue weighted by Gasteiger charge is 2.61. The Labute approximate surface area is 180 Å². The fourth-order valence-corrected chi connectivity index (χ4v) is 6.23. The summed E-state index contributed by atoms with van der Waals surface area (Å²) in [7, 11) is 0. The molecule has 0 aromatic carbocycles. The Morgan fingerprint density at radius 1 is 1.33 bits per heavy atom. The van der Waals surface area contributed by atoms with Crippen molar-refractivity contribution >= 4 is 5.97 Å². The van der Waals surface area contributed by atoms with Crippen molar-refractivity contribution in [3.63, 3.8) is 0 Å². The van der Waals surface area contributed by atoms with Gasteiger partial charge >= 0.3 is 5.97 Å². The molecule has 172 valence electrons. The molecule has 6 heteroatoms. The molecule has 0 spiro atoms. The third-order valence-corrected chi connectivity index (χ3v) is 7.74. The Balaban J connectivity index is 2.07. The predicted molar refractivity (Wildman–Crippen MR) is 114 cm³/mol. The average Bonchev–Trinajstić information content (AvgIpc) is 2.99. The number of ether oxygens (including phenoxy) is 2. The Kier molecular flexibility index (Phi) is 6.74. The van der Waals surface area contributed by atoms with Crippen LogP contribution in [0.1, 0.15) is 73.1 Å². The van der Waals surface area contributed by atoms with Crippen LogP contribution in [-0.2, 0) is 14.3 Å². The van der Waals surface area contributed by atoms with Crippen LogP contribution in [-0.4, -0.2) is 56.9 Å². The van der Waals surface area contributed by atoms with Gasteiger partial charge < -0.3 is 24.8 Å². The van der Waals surface area contributed by atoms with Gasteiger partial charge in [-0.2, -0.15) is 0 Å². The van der Waals surface area contributed by atoms with Crippen LogP contribution in [0.4, 0.5) is 0 Å². The highest BCUT2D eigenvalue weighted by atomic mass is 16.6. The molecule has 30 heavy (non-hydrogen) atoms. The number of esters is 1. The molecular formula is C24H40O6. The highest BCUT2D eigenvalue weighted by molar-refractivity contribution is 5.69. The summed E-state index contributed by atoms with van der Waals surface area (Å²) in [6.45, 7) is 13.9. The SMILES string of the molecule is C=C1C[C@@H](O)[C@H](C(C)C)[C@@H]2[C@H]1[C@@H]1C[C@@](C)(O)[C@@H](O)CC[C@@](C)(OC(=O)CCC)[C@@H]2O1. The summed E-state index contributed by atoms with van der Waals surface area (Å²) < 4.78 is 12.6. The van der Waals surface area contributed by atoms with Gasteiger partial charge in [-0.3, -0.25) is 4.79 Å². The van der Waals surface area contributed by atoms with Gasteiger partial charge in [0.25, 0.3) is 0 Å². The number of rotatable bonds is 4. The van der Waals surface area contributed by atoms with E-state index >= 15 is 0 Å². The summed E-state index contributed by atoms with van der Waals surface area (Å²) in [6.07, 6.45) is 0.274. The molecule has 2 heterocycles. The van der Waals surface area contributed by atoms with Crippen molar-refractivity contribution in [2.75, 3.05) is 0 Å². The molecule has 2 bridgehead atoms. The lowest BCUT2D eigenvalue weighted by Gasteiger charge is -2.47. The standard InChI is InChI=1S/C24H40O6/c1-7-8-18(27)30-24(6)10-9-17(26)23(5,28)12-16-20-14(4)11-15(25)19(13(2)3)21(20)22(24)29-16/h13,15-17,19-22,25-26,28H,4,7-12H2,1-3,5-6H3/t15-,16+,17+,19+,20-,21-,22-,23-,24-/m1/s1. The van der Waals surface area contributed by atoms with Crippen LogP contribution in [0.15, 0.2) is 12.2 Å². The molecule has 0 unspecified atom stereocenters. The van der Waals surface area contributed by atoms with Gasteiger partial charge in [0.1, 0.15) is 11.7 Å². The number of carbonyl (C=O) groups excluding carboxylic acids is 1. The molecular weight excluding hydrogens is 384 g/mol. The van der Waals surface area contributed by atoms with Crippen molar-refractivity contribution in [2.45, 2.75) is 109 Å². The normalized spacial score (nSPS) is 46.7. The fraction of sp³-hybridized carbons (Fsp3) is 0.875. The second-order valence-corrected chi connectivity index (χ2v) is 10.6. The van der Waals surface area contributed by atoms with E-state index in [0.29, 0.717) is 32.1 Å². The fourth-order valence-electron chi connectivity index (χ4n) is 6.23. The minimum Gasteiger partial charge on any atom is -0.457 e. The van der Waals surface area contributed by atoms with Gasteiger partial charge in [0.2, 0.25) is 0 Å². The molecule has 0 aromatic rings. The van der Waals surface area contributed by atoms with Crippen LogP contribution in [0.2, 0.25) is 0 Å². The van der Waals surface area contributed by atoms with E-state index in [1.165, 1.54) is 0 Å². The van der Waals surface area contributed by atoms with Gasteiger partial charge in [0, 0.05) is 24.7 Å². The molecule has 6 nitrogen and oxygen atoms in total. The largest absolute Gasteiger partial charge is 0.457 e. The smallest absolute Gasteiger partial charge is 0.306 e. The van der Waals surface area contributed by atoms with E-state index in [1.807, 2.05) is 13.8 Å². The van der Waals surface area contributed by atoms with Crippen molar-refractivity contribution in [1.29, 1.82) is 0 Å². The number of aliphatic hydroxyl groups is 3. The summed E-state index contributed by atoms with van der Waals surface area (Å²) >= 11 is 0. The topological polar surface area (TPSA) is 96.2 Å². The van der Waals surface area contributed by atoms with E-state index in [4.69, 9.17) is 9.47 Å². The van der Waals surface area contributed by atoms with Crippen molar-refractivity contribution in [2.24, 2.45) is 23.7 Å². The second kappa shape index (κ2) is 8.53. The van der Waals surface area contributed by atoms with E-state index in [-0.39, 0.29) is 42.2 Å². The zero-order chi connectivity index (χ0) is 22.4. The molecule has 1 aliphatic carbocycles. The van der Waals surface area contributed by atoms with E-state index < -0.39 is 29.5 Å². The first-order valence-electron chi connectivity index (χ1n) is 11.5. The Morgan fingerprint density at radius 2 is 2.00 bits per heavy atom. The molecule has 3 rings (SSSR count). The number of carbonyl (C=O) groups is 1. The summed E-state index contributed by atoms with van der Waals surface area (Å²) in [5.41, 5.74) is -1.34. The second-order valence-electron chi connectivity index (χ2n) is 10.6. The molecule has 3 aliphatic rings. The lowest BCUT2D eigenvalue weighted by Crippen LogP contribution is -2.54. The molecule has 0 radical (unpaired) electrons. The van der Waals surface area contributed by atoms with Crippen LogP contribution in [0.3, 0.4) is 0 Å². The first-order valence-corrected chi connectivity index (χ1v) is 11.5. The monoisotopic (exact) mass is 424 g/mol. The predicted octanol–water partition coefficient (Wildman–Crippen LogP) is 2.98. The number of aliphatic hydroxyl groups excluding tert-OH is 2. The van der Waals surface area contributed by atoms with Gasteiger partial charge in [0.05, 0.1) is 23.9 Å². The first-order chi connectivity index (χ1) is 13.9. The third kappa shape index (κ3) is 4.21. The summed E-state index contributed by atoms with van der Waals surface area (Å²) in [6, 6.07) is 0. The van der Waals surface area contributed by atoms with Crippen LogP contribution < -0.4 is 0 Å². The Hall–Kier alpha value is -0.950. The van der Waals surface area contributed by atoms with Gasteiger partial charge in [-0.1, -0.05) is 32.9 Å². The van der Waals surface area contributed by atoms with Crippen LogP contribution in [0.25, 0.3) is 0 Å². The molecule has 2 aliphatic heterocycles. The maximum atomic E-state index is 12.5. The Bertz CT molecular complexity index is 658. The van der Waals surface area contributed by atoms with Gasteiger partial charge in [-0.25, -0.2) is 0 Å². The van der Waals surface area contributed by atoms with E-state index in [1.54, 1.807) is 6.92 Å². The zero-order valence-electron chi connectivity index (χ0n) is 19.1. The van der Waals surface area contributed by atoms with Gasteiger partial charge in [0.15, 0.2) is 0 Å². The maximum absolute atomic E-state index is 12.5. The lowest BCUT2D eigenvalue weighted by molar-refractivity contribution is -0.183. The maximum Gasteiger partial charge on any atom is 0.306 e. The molecule has 2 saturated heterocycles. The highest BCUT2D eigenvalue weighted by Crippen LogP contribution is 2.56. The lowest BCUT2D eigenvalue weighted by atomic mass is 9.59. The van der Waals surface area contributed by atoms with Crippen molar-refractivity contribution in [3.05, 3.63) is 12.2 Å². The number of hydrogen-bond donors (Lipinski definition) is 3. The molecule has 3 fully saturated rings. The zero-order valence-corrected chi connectivity index (χ0v) is 19.1. The molecule has 9 atom stereocenters. The summed E-state index contributed by atoms with van der Waals surface area (Å²) in [5, 5.41) is 32.7. The van der Waals surface area contributed by atoms with Crippen LogP contribution in [0, 0.1) is 23.7 Å². The van der Waals surface area contributed by atoms with E-state index in [2.05, 4.69) is 20.4 Å². The third-order valence-electron chi connectivity index (χ3n) is 7.74. The van der Waals surface area contributed by atoms with Crippen molar-refractivity contribution < 1.29 is 29.6 Å². The molecule has 0 aromatic heterocycles. The average molecular weight is 425 g/mol. The van der Waals surface area contributed by atoms with Gasteiger partial charge in [-0.05, 0) is 51.4 Å². The van der Waals surface area contributed by atoms with Crippen molar-refractivity contribution in [3.8, 4) is 0 Å². The minimum atomic E-state index is -1.31. The number of fused-ring (bicyclic) bond motifs is 5. The minimum absolute atomic E-state index is 0.0194. The quantitative estimate of drug-likeness (QED) is 0.474. The van der Waals surface area contributed by atoms with E-state index in [0.717, 1.165) is 5.57 Å². The molecule has 3 N–H and O–H groups in total. The first kappa shape index (κ1) is 23.7. The van der Waals surface area contributed by atoms with Crippen molar-refractivity contribution in [1.82, 2.24) is 0 Å². The van der Waals surface area contributed by atoms with Gasteiger partial charge in [-0.15, -0.1) is 0 Å². The molecule has 1 saturated carbocycles. The van der Waals surface area contributed by atoms with E-state index in [9.17, 15) is 20.1 Å². The van der Waals surface area contributed by atoms with Crippen LogP contribution in [0.5, 0.6) is 0 Å².